The Morgan fingerprint density at radius 2 is 2.00 bits per heavy atom. The predicted octanol–water partition coefficient (Wildman–Crippen LogP) is 4.10. The molecule has 0 aromatic heterocycles. The largest absolute Gasteiger partial charge is 0.399 e. The number of nitrogens with one attached hydrogen (secondary N) is 1. The molecule has 0 amide bonds. The molecule has 0 fully saturated rings. The van der Waals surface area contributed by atoms with Gasteiger partial charge in [-0.3, -0.25) is 0 Å². The van der Waals surface area contributed by atoms with E-state index in [9.17, 15) is 4.39 Å². The van der Waals surface area contributed by atoms with E-state index >= 15 is 0 Å². The molecule has 0 aliphatic heterocycles. The van der Waals surface area contributed by atoms with Gasteiger partial charge in [0.05, 0.1) is 0 Å². The van der Waals surface area contributed by atoms with Crippen molar-refractivity contribution in [2.24, 2.45) is 5.41 Å². The molecular formula is C16H27FN2. The van der Waals surface area contributed by atoms with E-state index < -0.39 is 0 Å². The minimum absolute atomic E-state index is 0.226. The van der Waals surface area contributed by atoms with Crippen molar-refractivity contribution in [2.45, 2.75) is 53.0 Å². The lowest BCUT2D eigenvalue weighted by Gasteiger charge is -2.25. The van der Waals surface area contributed by atoms with Crippen molar-refractivity contribution in [3.63, 3.8) is 0 Å². The molecule has 1 aromatic carbocycles. The summed E-state index contributed by atoms with van der Waals surface area (Å²) < 4.78 is 13.6. The summed E-state index contributed by atoms with van der Waals surface area (Å²) in [5.41, 5.74) is 6.95. The Kier molecular flexibility index (Phi) is 6.29. The van der Waals surface area contributed by atoms with E-state index in [1.54, 1.807) is 12.1 Å². The van der Waals surface area contributed by atoms with Gasteiger partial charge in [0.25, 0.3) is 0 Å². The Labute approximate surface area is 116 Å². The number of nitrogens with two attached hydrogens (primary N) is 1. The maximum absolute atomic E-state index is 13.6. The van der Waals surface area contributed by atoms with Crippen LogP contribution in [-0.2, 0) is 6.54 Å². The summed E-state index contributed by atoms with van der Waals surface area (Å²) in [6, 6.07) is 4.87. The van der Waals surface area contributed by atoms with E-state index in [1.165, 1.54) is 31.7 Å². The van der Waals surface area contributed by atoms with E-state index in [-0.39, 0.29) is 11.2 Å². The van der Waals surface area contributed by atoms with Gasteiger partial charge in [0.1, 0.15) is 5.82 Å². The Hall–Kier alpha value is -1.09. The topological polar surface area (TPSA) is 38.0 Å². The molecular weight excluding hydrogens is 239 g/mol. The first-order valence-electron chi connectivity index (χ1n) is 7.19. The van der Waals surface area contributed by atoms with Crippen molar-refractivity contribution < 1.29 is 4.39 Å². The van der Waals surface area contributed by atoms with Crippen molar-refractivity contribution in [3.8, 4) is 0 Å². The van der Waals surface area contributed by atoms with Gasteiger partial charge in [-0.05, 0) is 24.0 Å². The first-order valence-corrected chi connectivity index (χ1v) is 7.19. The molecule has 19 heavy (non-hydrogen) atoms. The Balaban J connectivity index is 2.36. The van der Waals surface area contributed by atoms with E-state index in [2.05, 4.69) is 26.1 Å². The maximum atomic E-state index is 13.6. The number of anilines is 1. The van der Waals surface area contributed by atoms with Gasteiger partial charge in [-0.15, -0.1) is 0 Å². The molecule has 0 heterocycles. The normalized spacial score (nSPS) is 11.8. The lowest BCUT2D eigenvalue weighted by Crippen LogP contribution is -2.29. The summed E-state index contributed by atoms with van der Waals surface area (Å²) in [5, 5.41) is 3.35. The highest BCUT2D eigenvalue weighted by molar-refractivity contribution is 5.40. The molecule has 3 heteroatoms. The second-order valence-electron chi connectivity index (χ2n) is 6.08. The highest BCUT2D eigenvalue weighted by Crippen LogP contribution is 2.23. The molecule has 0 aliphatic rings. The summed E-state index contributed by atoms with van der Waals surface area (Å²) in [4.78, 5) is 0. The monoisotopic (exact) mass is 266 g/mol. The lowest BCUT2D eigenvalue weighted by molar-refractivity contribution is 0.301. The van der Waals surface area contributed by atoms with Crippen LogP contribution in [0.25, 0.3) is 0 Å². The smallest absolute Gasteiger partial charge is 0.129 e. The van der Waals surface area contributed by atoms with Gasteiger partial charge >= 0.3 is 0 Å². The van der Waals surface area contributed by atoms with Crippen LogP contribution in [0.15, 0.2) is 18.2 Å². The number of benzene rings is 1. The van der Waals surface area contributed by atoms with Crippen molar-refractivity contribution in [1.29, 1.82) is 0 Å². The molecule has 1 rings (SSSR count). The van der Waals surface area contributed by atoms with Gasteiger partial charge < -0.3 is 11.1 Å². The van der Waals surface area contributed by atoms with Crippen LogP contribution >= 0.6 is 0 Å². The molecule has 0 saturated heterocycles. The van der Waals surface area contributed by atoms with Crippen molar-refractivity contribution in [2.75, 3.05) is 12.3 Å². The fraction of sp³-hybridized carbons (Fsp3) is 0.625. The third kappa shape index (κ3) is 6.06. The first kappa shape index (κ1) is 16.0. The van der Waals surface area contributed by atoms with E-state index in [1.807, 2.05) is 0 Å². The van der Waals surface area contributed by atoms with Crippen LogP contribution in [0, 0.1) is 11.2 Å². The van der Waals surface area contributed by atoms with Crippen LogP contribution in [0.3, 0.4) is 0 Å². The summed E-state index contributed by atoms with van der Waals surface area (Å²) in [6.07, 6.45) is 5.01. The number of hydrogen-bond acceptors (Lipinski definition) is 2. The van der Waals surface area contributed by atoms with Gasteiger partial charge in [-0.1, -0.05) is 46.1 Å². The van der Waals surface area contributed by atoms with Crippen LogP contribution in [0.1, 0.15) is 52.0 Å². The van der Waals surface area contributed by atoms with Crippen LogP contribution in [-0.4, -0.2) is 6.54 Å². The molecule has 0 aliphatic carbocycles. The SMILES string of the molecule is CCCCCC(C)(C)CNCc1ccc(N)cc1F. The highest BCUT2D eigenvalue weighted by atomic mass is 19.1. The third-order valence-corrected chi connectivity index (χ3v) is 3.45. The number of halogens is 1. The highest BCUT2D eigenvalue weighted by Gasteiger charge is 2.16. The quantitative estimate of drug-likeness (QED) is 0.549. The molecule has 3 N–H and O–H groups in total. The van der Waals surface area contributed by atoms with Crippen LogP contribution in [0.2, 0.25) is 0 Å². The van der Waals surface area contributed by atoms with Crippen LogP contribution < -0.4 is 11.1 Å². The minimum Gasteiger partial charge on any atom is -0.399 e. The van der Waals surface area contributed by atoms with Crippen LogP contribution in [0.4, 0.5) is 10.1 Å². The zero-order valence-electron chi connectivity index (χ0n) is 12.4. The zero-order chi connectivity index (χ0) is 14.3. The summed E-state index contributed by atoms with van der Waals surface area (Å²) in [6.45, 7) is 8.20. The molecule has 1 aromatic rings. The molecule has 0 atom stereocenters. The Morgan fingerprint density at radius 1 is 1.26 bits per heavy atom. The van der Waals surface area contributed by atoms with Gasteiger partial charge in [0.2, 0.25) is 0 Å². The molecule has 0 spiro atoms. The van der Waals surface area contributed by atoms with Crippen LogP contribution in [0.5, 0.6) is 0 Å². The lowest BCUT2D eigenvalue weighted by atomic mass is 9.87. The zero-order valence-corrected chi connectivity index (χ0v) is 12.4. The maximum Gasteiger partial charge on any atom is 0.129 e. The van der Waals surface area contributed by atoms with Gasteiger partial charge in [-0.25, -0.2) is 4.39 Å². The second-order valence-corrected chi connectivity index (χ2v) is 6.08. The fourth-order valence-corrected chi connectivity index (χ4v) is 2.18. The molecule has 108 valence electrons. The fourth-order valence-electron chi connectivity index (χ4n) is 2.18. The summed E-state index contributed by atoms with van der Waals surface area (Å²) >= 11 is 0. The van der Waals surface area contributed by atoms with E-state index in [0.29, 0.717) is 17.8 Å². The van der Waals surface area contributed by atoms with E-state index in [4.69, 9.17) is 5.73 Å². The predicted molar refractivity (Wildman–Crippen MR) is 80.4 cm³/mol. The second kappa shape index (κ2) is 7.49. The number of rotatable bonds is 8. The average molecular weight is 266 g/mol. The summed E-state index contributed by atoms with van der Waals surface area (Å²) in [7, 11) is 0. The summed E-state index contributed by atoms with van der Waals surface area (Å²) in [5.74, 6) is -0.226. The molecule has 0 bridgehead atoms. The van der Waals surface area contributed by atoms with Crippen molar-refractivity contribution in [3.05, 3.63) is 29.6 Å². The minimum atomic E-state index is -0.226. The van der Waals surface area contributed by atoms with Gasteiger partial charge in [-0.2, -0.15) is 0 Å². The molecule has 0 radical (unpaired) electrons. The molecule has 0 saturated carbocycles. The Morgan fingerprint density at radius 3 is 2.63 bits per heavy atom. The van der Waals surface area contributed by atoms with Gasteiger partial charge in [0, 0.05) is 24.3 Å². The number of hydrogen-bond donors (Lipinski definition) is 2. The molecule has 0 unspecified atom stereocenters. The number of unbranched alkanes of at least 4 members (excludes halogenated alkanes) is 2. The van der Waals surface area contributed by atoms with Crippen molar-refractivity contribution in [1.82, 2.24) is 5.32 Å². The first-order chi connectivity index (χ1) is 8.94. The van der Waals surface area contributed by atoms with Gasteiger partial charge in [0.15, 0.2) is 0 Å². The third-order valence-electron chi connectivity index (χ3n) is 3.45. The van der Waals surface area contributed by atoms with Crippen molar-refractivity contribution >= 4 is 5.69 Å². The average Bonchev–Trinajstić information content (AvgIpc) is 2.32. The Bertz CT molecular complexity index is 388. The molecule has 2 nitrogen and oxygen atoms in total. The standard InChI is InChI=1S/C16H27FN2/c1-4-5-6-9-16(2,3)12-19-11-13-7-8-14(18)10-15(13)17/h7-8,10,19H,4-6,9,11-12,18H2,1-3H3. The number of nitrogen functional groups attached to an aromatic ring is 1. The van der Waals surface area contributed by atoms with E-state index in [0.717, 1.165) is 6.54 Å².